The number of halogens is 2. The fourth-order valence-corrected chi connectivity index (χ4v) is 2.24. The number of aliphatic imine (C=N–C) groups is 1. The Kier molecular flexibility index (Phi) is 7.54. The van der Waals surface area contributed by atoms with Gasteiger partial charge >= 0.3 is 0 Å². The number of rotatable bonds is 7. The smallest absolute Gasteiger partial charge is 0.246 e. The van der Waals surface area contributed by atoms with E-state index < -0.39 is 0 Å². The number of hydrogen-bond donors (Lipinski definition) is 3. The minimum atomic E-state index is -0.366. The van der Waals surface area contributed by atoms with Gasteiger partial charge in [-0.3, -0.25) is 4.79 Å². The van der Waals surface area contributed by atoms with Crippen molar-refractivity contribution in [3.63, 3.8) is 0 Å². The first-order chi connectivity index (χ1) is 12.6. The zero-order valence-electron chi connectivity index (χ0n) is 14.6. The molecule has 0 heterocycles. The van der Waals surface area contributed by atoms with E-state index in [0.717, 1.165) is 0 Å². The van der Waals surface area contributed by atoms with Crippen molar-refractivity contribution < 1.29 is 13.6 Å². The Morgan fingerprint density at radius 1 is 1.04 bits per heavy atom. The van der Waals surface area contributed by atoms with E-state index in [1.165, 1.54) is 30.3 Å². The number of nitrogens with zero attached hydrogens (tertiary/aromatic N) is 1. The van der Waals surface area contributed by atoms with Gasteiger partial charge in [-0.25, -0.2) is 13.8 Å². The zero-order valence-corrected chi connectivity index (χ0v) is 14.6. The molecule has 26 heavy (non-hydrogen) atoms. The monoisotopic (exact) mass is 360 g/mol. The average molecular weight is 360 g/mol. The Bertz CT molecular complexity index is 747. The highest BCUT2D eigenvalue weighted by atomic mass is 19.1. The number of amides is 1. The summed E-state index contributed by atoms with van der Waals surface area (Å²) in [6.07, 6.45) is 0.499. The average Bonchev–Trinajstić information content (AvgIpc) is 2.63. The van der Waals surface area contributed by atoms with Crippen molar-refractivity contribution in [2.24, 2.45) is 4.99 Å². The number of carbonyl (C=O) groups excluding carboxylic acids is 1. The van der Waals surface area contributed by atoms with E-state index in [1.807, 2.05) is 6.92 Å². The van der Waals surface area contributed by atoms with Gasteiger partial charge in [0.25, 0.3) is 0 Å². The van der Waals surface area contributed by atoms with Crippen molar-refractivity contribution in [2.45, 2.75) is 13.3 Å². The number of nitrogens with one attached hydrogen (secondary N) is 3. The molecular formula is C19H22F2N4O. The van der Waals surface area contributed by atoms with E-state index in [4.69, 9.17) is 0 Å². The summed E-state index contributed by atoms with van der Waals surface area (Å²) in [6.45, 7) is 2.93. The van der Waals surface area contributed by atoms with Crippen LogP contribution in [0, 0.1) is 11.6 Å². The third kappa shape index (κ3) is 6.51. The van der Waals surface area contributed by atoms with Crippen LogP contribution in [0.2, 0.25) is 0 Å². The summed E-state index contributed by atoms with van der Waals surface area (Å²) >= 11 is 0. The SMILES string of the molecule is CCNC(=NCC(=O)Nc1ccc(F)cc1)NCCc1ccccc1F. The van der Waals surface area contributed by atoms with Gasteiger partial charge in [0.15, 0.2) is 5.96 Å². The largest absolute Gasteiger partial charge is 0.357 e. The molecule has 2 aromatic carbocycles. The third-order valence-corrected chi connectivity index (χ3v) is 3.50. The highest BCUT2D eigenvalue weighted by Crippen LogP contribution is 2.08. The second-order valence-electron chi connectivity index (χ2n) is 5.52. The lowest BCUT2D eigenvalue weighted by Crippen LogP contribution is -2.39. The predicted molar refractivity (Wildman–Crippen MR) is 99.1 cm³/mol. The second-order valence-corrected chi connectivity index (χ2v) is 5.52. The summed E-state index contributed by atoms with van der Waals surface area (Å²) < 4.78 is 26.5. The first-order valence-corrected chi connectivity index (χ1v) is 8.39. The van der Waals surface area contributed by atoms with Crippen LogP contribution in [0.1, 0.15) is 12.5 Å². The Balaban J connectivity index is 1.84. The van der Waals surface area contributed by atoms with Gasteiger partial charge in [0.05, 0.1) is 0 Å². The summed E-state index contributed by atoms with van der Waals surface area (Å²) in [6, 6.07) is 12.1. The predicted octanol–water partition coefficient (Wildman–Crippen LogP) is 2.70. The number of carbonyl (C=O) groups is 1. The lowest BCUT2D eigenvalue weighted by atomic mass is 10.1. The van der Waals surface area contributed by atoms with Crippen molar-refractivity contribution in [2.75, 3.05) is 25.0 Å². The summed E-state index contributed by atoms with van der Waals surface area (Å²) in [7, 11) is 0. The molecule has 0 saturated carbocycles. The van der Waals surface area contributed by atoms with Gasteiger partial charge in [0.1, 0.15) is 18.2 Å². The first kappa shape index (κ1) is 19.4. The molecule has 2 rings (SSSR count). The van der Waals surface area contributed by atoms with E-state index in [1.54, 1.807) is 18.2 Å². The van der Waals surface area contributed by atoms with Gasteiger partial charge in [-0.2, -0.15) is 0 Å². The van der Waals surface area contributed by atoms with Crippen LogP contribution in [0.15, 0.2) is 53.5 Å². The van der Waals surface area contributed by atoms with Crippen molar-refractivity contribution in [3.8, 4) is 0 Å². The summed E-state index contributed by atoms with van der Waals surface area (Å²) in [5.41, 5.74) is 1.12. The molecule has 0 aromatic heterocycles. The van der Waals surface area contributed by atoms with E-state index in [0.29, 0.717) is 36.7 Å². The molecule has 0 saturated heterocycles. The summed E-state index contributed by atoms with van der Waals surface area (Å²) in [5, 5.41) is 8.73. The molecule has 0 atom stereocenters. The lowest BCUT2D eigenvalue weighted by molar-refractivity contribution is -0.114. The maximum absolute atomic E-state index is 13.6. The minimum absolute atomic E-state index is 0.0909. The molecule has 2 aromatic rings. The minimum Gasteiger partial charge on any atom is -0.357 e. The molecule has 0 aliphatic heterocycles. The molecule has 138 valence electrons. The fourth-order valence-electron chi connectivity index (χ4n) is 2.24. The third-order valence-electron chi connectivity index (χ3n) is 3.50. The molecule has 0 unspecified atom stereocenters. The van der Waals surface area contributed by atoms with Crippen LogP contribution in [0.5, 0.6) is 0 Å². The van der Waals surface area contributed by atoms with Gasteiger partial charge in [-0.1, -0.05) is 18.2 Å². The van der Waals surface area contributed by atoms with Crippen LogP contribution in [0.3, 0.4) is 0 Å². The maximum atomic E-state index is 13.6. The van der Waals surface area contributed by atoms with Crippen molar-refractivity contribution >= 4 is 17.6 Å². The quantitative estimate of drug-likeness (QED) is 0.525. The molecule has 3 N–H and O–H groups in total. The molecule has 1 amide bonds. The first-order valence-electron chi connectivity index (χ1n) is 8.39. The van der Waals surface area contributed by atoms with Crippen molar-refractivity contribution in [1.29, 1.82) is 0 Å². The Morgan fingerprint density at radius 3 is 2.46 bits per heavy atom. The molecule has 0 spiro atoms. The number of guanidine groups is 1. The highest BCUT2D eigenvalue weighted by Gasteiger charge is 2.05. The molecule has 0 aliphatic rings. The topological polar surface area (TPSA) is 65.5 Å². The normalized spacial score (nSPS) is 11.1. The van der Waals surface area contributed by atoms with Crippen LogP contribution in [0.25, 0.3) is 0 Å². The molecule has 5 nitrogen and oxygen atoms in total. The zero-order chi connectivity index (χ0) is 18.8. The van der Waals surface area contributed by atoms with Crippen LogP contribution >= 0.6 is 0 Å². The lowest BCUT2D eigenvalue weighted by Gasteiger charge is -2.11. The van der Waals surface area contributed by atoms with E-state index >= 15 is 0 Å². The molecule has 0 radical (unpaired) electrons. The second kappa shape index (κ2) is 10.1. The Hall–Kier alpha value is -2.96. The Labute approximate surface area is 151 Å². The number of anilines is 1. The summed E-state index contributed by atoms with van der Waals surface area (Å²) in [4.78, 5) is 16.1. The van der Waals surface area contributed by atoms with E-state index in [2.05, 4.69) is 20.9 Å². The fraction of sp³-hybridized carbons (Fsp3) is 0.263. The summed E-state index contributed by atoms with van der Waals surface area (Å²) in [5.74, 6) is -0.453. The molecule has 7 heteroatoms. The number of hydrogen-bond acceptors (Lipinski definition) is 2. The van der Waals surface area contributed by atoms with Gasteiger partial charge in [0, 0.05) is 18.8 Å². The van der Waals surface area contributed by atoms with Crippen molar-refractivity contribution in [1.82, 2.24) is 10.6 Å². The maximum Gasteiger partial charge on any atom is 0.246 e. The van der Waals surface area contributed by atoms with Crippen LogP contribution in [-0.4, -0.2) is 31.5 Å². The van der Waals surface area contributed by atoms with Gasteiger partial charge in [-0.05, 0) is 49.2 Å². The van der Waals surface area contributed by atoms with Crippen LogP contribution < -0.4 is 16.0 Å². The standard InChI is InChI=1S/C19H22F2N4O/c1-2-22-19(23-12-11-14-5-3-4-6-17(14)21)24-13-18(26)25-16-9-7-15(20)8-10-16/h3-10H,2,11-13H2,1H3,(H,25,26)(H2,22,23,24). The number of benzene rings is 2. The van der Waals surface area contributed by atoms with Gasteiger partial charge in [-0.15, -0.1) is 0 Å². The molecule has 0 aliphatic carbocycles. The molecule has 0 fully saturated rings. The van der Waals surface area contributed by atoms with Crippen LogP contribution in [0.4, 0.5) is 14.5 Å². The van der Waals surface area contributed by atoms with E-state index in [9.17, 15) is 13.6 Å². The Morgan fingerprint density at radius 2 is 1.77 bits per heavy atom. The highest BCUT2D eigenvalue weighted by molar-refractivity contribution is 5.94. The van der Waals surface area contributed by atoms with Crippen molar-refractivity contribution in [3.05, 3.63) is 65.7 Å². The van der Waals surface area contributed by atoms with Crippen LogP contribution in [-0.2, 0) is 11.2 Å². The van der Waals surface area contributed by atoms with Gasteiger partial charge in [0.2, 0.25) is 5.91 Å². The molecular weight excluding hydrogens is 338 g/mol. The van der Waals surface area contributed by atoms with Gasteiger partial charge < -0.3 is 16.0 Å². The van der Waals surface area contributed by atoms with E-state index in [-0.39, 0.29) is 24.1 Å². The molecule has 0 bridgehead atoms.